The number of carbonyl (C=O) groups excluding carboxylic acids is 1. The highest BCUT2D eigenvalue weighted by Gasteiger charge is 2.39. The molecular weight excluding hydrogens is 570 g/mol. The van der Waals surface area contributed by atoms with E-state index in [0.717, 1.165) is 46.1 Å². The van der Waals surface area contributed by atoms with Crippen molar-refractivity contribution in [2.45, 2.75) is 50.9 Å². The summed E-state index contributed by atoms with van der Waals surface area (Å²) < 4.78 is 18.8. The van der Waals surface area contributed by atoms with E-state index in [2.05, 4.69) is 25.7 Å². The maximum Gasteiger partial charge on any atom is 0.324 e. The molecule has 1 aromatic carbocycles. The number of fused-ring (bicyclic) bond motifs is 5. The lowest BCUT2D eigenvalue weighted by Gasteiger charge is -2.28. The third-order valence-electron chi connectivity index (χ3n) is 7.75. The van der Waals surface area contributed by atoms with E-state index >= 15 is 0 Å². The lowest BCUT2D eigenvalue weighted by Crippen LogP contribution is -2.43. The summed E-state index contributed by atoms with van der Waals surface area (Å²) in [6.45, 7) is 8.43. The van der Waals surface area contributed by atoms with E-state index in [1.807, 2.05) is 67.8 Å². The molecule has 2 fully saturated rings. The number of nitrogens with one attached hydrogen (secondary N) is 2. The molecule has 2 saturated heterocycles. The van der Waals surface area contributed by atoms with E-state index in [-0.39, 0.29) is 12.0 Å². The highest BCUT2D eigenvalue weighted by atomic mass is 32.1. The van der Waals surface area contributed by atoms with Crippen molar-refractivity contribution in [3.05, 3.63) is 54.4 Å². The summed E-state index contributed by atoms with van der Waals surface area (Å²) in [5.74, 6) is 1.53. The van der Waals surface area contributed by atoms with Crippen LogP contribution < -0.4 is 15.4 Å². The molecule has 2 amide bonds. The first-order valence-electron chi connectivity index (χ1n) is 14.3. The van der Waals surface area contributed by atoms with Crippen LogP contribution in [0, 0.1) is 0 Å². The molecule has 0 aliphatic carbocycles. The highest BCUT2D eigenvalue weighted by Crippen LogP contribution is 2.31. The molecule has 3 atom stereocenters. The average molecular weight is 604 g/mol. The van der Waals surface area contributed by atoms with Crippen LogP contribution in [0.3, 0.4) is 0 Å². The van der Waals surface area contributed by atoms with Crippen molar-refractivity contribution >= 4 is 44.2 Å². The Balaban J connectivity index is 0.965. The van der Waals surface area contributed by atoms with Gasteiger partial charge in [-0.2, -0.15) is 0 Å². The van der Waals surface area contributed by atoms with Gasteiger partial charge in [-0.1, -0.05) is 49.4 Å². The van der Waals surface area contributed by atoms with Gasteiger partial charge in [-0.25, -0.2) is 14.8 Å². The van der Waals surface area contributed by atoms with E-state index in [9.17, 15) is 9.90 Å². The van der Waals surface area contributed by atoms with Crippen molar-refractivity contribution in [1.82, 2.24) is 24.4 Å². The number of hydrogen-bond donors (Lipinski definition) is 3. The molecule has 3 N–H and O–H groups in total. The fourth-order valence-electron chi connectivity index (χ4n) is 5.49. The van der Waals surface area contributed by atoms with Crippen LogP contribution in [0.2, 0.25) is 0 Å². The number of imidazole rings is 1. The number of aliphatic hydroxyl groups is 1. The number of thiazole rings is 1. The number of benzene rings is 1. The highest BCUT2D eigenvalue weighted by molar-refractivity contribution is 7.23. The Kier molecular flexibility index (Phi) is 7.04. The molecular formula is C30H33N7O5S. The number of aromatic nitrogens is 4. The molecule has 0 saturated carbocycles. The summed E-state index contributed by atoms with van der Waals surface area (Å²) in [6, 6.07) is 13.0. The SMILES string of the molecule is CC(C)(C)c1cc(NC(=O)Nc2ccc(-c3cn4c(n3)sc3nc(OCC(O)CN5C[C@@H]6C[C@H]5CO6)ccc34)cc2)no1. The minimum Gasteiger partial charge on any atom is -0.475 e. The smallest absolute Gasteiger partial charge is 0.324 e. The van der Waals surface area contributed by atoms with E-state index in [1.165, 1.54) is 11.3 Å². The van der Waals surface area contributed by atoms with E-state index < -0.39 is 12.1 Å². The quantitative estimate of drug-likeness (QED) is 0.229. The van der Waals surface area contributed by atoms with Crippen LogP contribution in [0.1, 0.15) is 33.0 Å². The molecule has 2 aliphatic heterocycles. The first-order valence-corrected chi connectivity index (χ1v) is 15.1. The van der Waals surface area contributed by atoms with Gasteiger partial charge in [0, 0.05) is 54.1 Å². The zero-order valence-electron chi connectivity index (χ0n) is 24.1. The number of urea groups is 1. The van der Waals surface area contributed by atoms with Crippen molar-refractivity contribution in [2.24, 2.45) is 0 Å². The Labute approximate surface area is 251 Å². The second-order valence-electron chi connectivity index (χ2n) is 12.1. The second-order valence-corrected chi connectivity index (χ2v) is 13.1. The number of anilines is 2. The van der Waals surface area contributed by atoms with Crippen molar-refractivity contribution in [3.8, 4) is 17.1 Å². The van der Waals surface area contributed by atoms with Gasteiger partial charge in [-0.05, 0) is 24.6 Å². The predicted octanol–water partition coefficient (Wildman–Crippen LogP) is 4.75. The molecule has 4 aromatic heterocycles. The third-order valence-corrected chi connectivity index (χ3v) is 8.71. The Morgan fingerprint density at radius 2 is 2.02 bits per heavy atom. The number of nitrogens with zero attached hydrogens (tertiary/aromatic N) is 5. The molecule has 13 heteroatoms. The summed E-state index contributed by atoms with van der Waals surface area (Å²) in [5, 5.41) is 19.9. The topological polar surface area (TPSA) is 139 Å². The normalized spacial score (nSPS) is 19.3. The fourth-order valence-corrected chi connectivity index (χ4v) is 6.46. The summed E-state index contributed by atoms with van der Waals surface area (Å²) in [7, 11) is 0. The fraction of sp³-hybridized carbons (Fsp3) is 0.400. The molecule has 5 aromatic rings. The van der Waals surface area contributed by atoms with Gasteiger partial charge >= 0.3 is 6.03 Å². The van der Waals surface area contributed by atoms with E-state index in [1.54, 1.807) is 6.07 Å². The monoisotopic (exact) mass is 603 g/mol. The van der Waals surface area contributed by atoms with Gasteiger partial charge in [-0.15, -0.1) is 0 Å². The second kappa shape index (κ2) is 10.9. The summed E-state index contributed by atoms with van der Waals surface area (Å²) in [6.07, 6.45) is 2.74. The molecule has 224 valence electrons. The van der Waals surface area contributed by atoms with Gasteiger partial charge in [0.2, 0.25) is 5.88 Å². The lowest BCUT2D eigenvalue weighted by atomic mass is 9.93. The standard InChI is InChI=1S/C30H33N7O5S/c1-30(2,3)24-11-25(35-42-24)33-28(39)31-18-6-4-17(5-7-18)22-14-37-23-8-9-26(34-27(23)43-29(37)32-22)41-16-20(38)12-36-13-21-10-19(36)15-40-21/h4-9,11,14,19-21,38H,10,12-13,15-16H2,1-3H3,(H2,31,33,35,39)/t19-,20?,21-/m0/s1. The minimum absolute atomic E-state index is 0.185. The van der Waals surface area contributed by atoms with Crippen LogP contribution in [0.4, 0.5) is 16.3 Å². The van der Waals surface area contributed by atoms with Crippen molar-refractivity contribution in [3.63, 3.8) is 0 Å². The molecule has 0 spiro atoms. The van der Waals surface area contributed by atoms with Crippen LogP contribution in [-0.2, 0) is 10.2 Å². The summed E-state index contributed by atoms with van der Waals surface area (Å²) >= 11 is 1.47. The Bertz CT molecular complexity index is 1770. The van der Waals surface area contributed by atoms with E-state index in [4.69, 9.17) is 19.0 Å². The molecule has 2 bridgehead atoms. The number of likely N-dealkylation sites (tertiary alicyclic amines) is 1. The van der Waals surface area contributed by atoms with Gasteiger partial charge in [-0.3, -0.25) is 14.6 Å². The van der Waals surface area contributed by atoms with Crippen molar-refractivity contribution < 1.29 is 23.9 Å². The number of amides is 2. The van der Waals surface area contributed by atoms with Crippen LogP contribution in [0.5, 0.6) is 5.88 Å². The van der Waals surface area contributed by atoms with Crippen LogP contribution in [-0.4, -0.2) is 80.1 Å². The van der Waals surface area contributed by atoms with Crippen molar-refractivity contribution in [1.29, 1.82) is 0 Å². The lowest BCUT2D eigenvalue weighted by molar-refractivity contribution is 0.000747. The Hall–Kier alpha value is -4.04. The van der Waals surface area contributed by atoms with Crippen molar-refractivity contribution in [2.75, 3.05) is 36.9 Å². The number of carbonyl (C=O) groups is 1. The number of rotatable bonds is 8. The zero-order valence-corrected chi connectivity index (χ0v) is 24.9. The summed E-state index contributed by atoms with van der Waals surface area (Å²) in [5.41, 5.74) is 3.09. The number of pyridine rings is 1. The molecule has 7 rings (SSSR count). The first-order chi connectivity index (χ1) is 20.7. The maximum absolute atomic E-state index is 12.4. The number of morpholine rings is 1. The molecule has 2 aliphatic rings. The molecule has 0 radical (unpaired) electrons. The molecule has 6 heterocycles. The maximum atomic E-state index is 12.4. The summed E-state index contributed by atoms with van der Waals surface area (Å²) in [4.78, 5) is 25.8. The number of ether oxygens (including phenoxy) is 2. The van der Waals surface area contributed by atoms with Gasteiger partial charge in [0.25, 0.3) is 0 Å². The molecule has 43 heavy (non-hydrogen) atoms. The molecule has 12 nitrogen and oxygen atoms in total. The largest absolute Gasteiger partial charge is 0.475 e. The number of aliphatic hydroxyl groups excluding tert-OH is 1. The third kappa shape index (κ3) is 5.80. The van der Waals surface area contributed by atoms with Gasteiger partial charge < -0.3 is 24.4 Å². The van der Waals surface area contributed by atoms with Gasteiger partial charge in [0.15, 0.2) is 10.8 Å². The van der Waals surface area contributed by atoms with Gasteiger partial charge in [0.05, 0.1) is 23.9 Å². The van der Waals surface area contributed by atoms with Gasteiger partial charge in [0.1, 0.15) is 23.3 Å². The zero-order chi connectivity index (χ0) is 29.7. The minimum atomic E-state index is -0.592. The first kappa shape index (κ1) is 27.8. The average Bonchev–Trinajstić information content (AvgIpc) is 3.79. The Morgan fingerprint density at radius 3 is 2.74 bits per heavy atom. The molecule has 1 unspecified atom stereocenters. The van der Waals surface area contributed by atoms with E-state index in [0.29, 0.717) is 41.8 Å². The van der Waals surface area contributed by atoms with Crippen LogP contribution in [0.25, 0.3) is 26.6 Å². The van der Waals surface area contributed by atoms with Crippen LogP contribution >= 0.6 is 11.3 Å². The van der Waals surface area contributed by atoms with Crippen LogP contribution in [0.15, 0.2) is 53.2 Å². The number of β-amino-alcohol motifs (C(OH)–C–C–N with tert-alkyl or cyclic N) is 1. The Morgan fingerprint density at radius 1 is 1.19 bits per heavy atom. The number of hydrogen-bond acceptors (Lipinski definition) is 10. The predicted molar refractivity (Wildman–Crippen MR) is 163 cm³/mol.